The first-order valence-corrected chi connectivity index (χ1v) is 9.57. The van der Waals surface area contributed by atoms with Gasteiger partial charge in [-0.2, -0.15) is 0 Å². The summed E-state index contributed by atoms with van der Waals surface area (Å²) in [6, 6.07) is 16.6. The Kier molecular flexibility index (Phi) is 3.91. The van der Waals surface area contributed by atoms with Crippen molar-refractivity contribution in [2.75, 3.05) is 0 Å². The van der Waals surface area contributed by atoms with Gasteiger partial charge in [0.1, 0.15) is 0 Å². The quantitative estimate of drug-likeness (QED) is 0.500. The number of nitrogens with one attached hydrogen (secondary N) is 1. The van der Waals surface area contributed by atoms with Crippen molar-refractivity contribution in [2.45, 2.75) is 13.0 Å². The van der Waals surface area contributed by atoms with Gasteiger partial charge in [-0.15, -0.1) is 21.5 Å². The van der Waals surface area contributed by atoms with Crippen LogP contribution in [0.1, 0.15) is 29.3 Å². The highest BCUT2D eigenvalue weighted by molar-refractivity contribution is 7.21. The van der Waals surface area contributed by atoms with Crippen LogP contribution in [0, 0.1) is 0 Å². The number of thiazole rings is 1. The van der Waals surface area contributed by atoms with E-state index in [1.54, 1.807) is 12.1 Å². The standard InChI is InChI=1S/C20H15N5O2S/c1-12(18-24-23-17-8-4-5-11-25(17)18)21-19(26)14-9-10-15(27-14)20-22-13-6-2-3-7-16(13)28-20/h2-12H,1H3,(H,21,26)/t12-/m0/s1. The number of benzene rings is 1. The van der Waals surface area contributed by atoms with Crippen molar-refractivity contribution < 1.29 is 9.21 Å². The van der Waals surface area contributed by atoms with Crippen molar-refractivity contribution in [2.24, 2.45) is 0 Å². The van der Waals surface area contributed by atoms with Crippen molar-refractivity contribution in [3.63, 3.8) is 0 Å². The average Bonchev–Trinajstić information content (AvgIpc) is 3.44. The van der Waals surface area contributed by atoms with Crippen LogP contribution in [0.4, 0.5) is 0 Å². The first-order chi connectivity index (χ1) is 13.7. The van der Waals surface area contributed by atoms with Gasteiger partial charge in [0.15, 0.2) is 28.0 Å². The summed E-state index contributed by atoms with van der Waals surface area (Å²) < 4.78 is 8.68. The molecule has 5 aromatic rings. The predicted molar refractivity (Wildman–Crippen MR) is 106 cm³/mol. The Morgan fingerprint density at radius 2 is 1.96 bits per heavy atom. The maximum absolute atomic E-state index is 12.6. The van der Waals surface area contributed by atoms with Gasteiger partial charge in [0.2, 0.25) is 0 Å². The van der Waals surface area contributed by atoms with Gasteiger partial charge < -0.3 is 9.73 Å². The molecule has 8 heteroatoms. The summed E-state index contributed by atoms with van der Waals surface area (Å²) >= 11 is 1.53. The molecule has 0 aliphatic carbocycles. The Morgan fingerprint density at radius 1 is 1.11 bits per heavy atom. The molecule has 5 rings (SSSR count). The van der Waals surface area contributed by atoms with E-state index in [1.807, 2.05) is 60.0 Å². The van der Waals surface area contributed by atoms with Crippen LogP contribution >= 0.6 is 11.3 Å². The van der Waals surface area contributed by atoms with Crippen molar-refractivity contribution in [1.82, 2.24) is 24.9 Å². The Balaban J connectivity index is 1.37. The maximum Gasteiger partial charge on any atom is 0.287 e. The fourth-order valence-electron chi connectivity index (χ4n) is 3.04. The Labute approximate surface area is 163 Å². The summed E-state index contributed by atoms with van der Waals surface area (Å²) in [6.45, 7) is 1.86. The molecule has 4 aromatic heterocycles. The van der Waals surface area contributed by atoms with Crippen LogP contribution < -0.4 is 5.32 Å². The van der Waals surface area contributed by atoms with Crippen molar-refractivity contribution in [1.29, 1.82) is 0 Å². The zero-order valence-electron chi connectivity index (χ0n) is 14.9. The molecule has 138 valence electrons. The van der Waals surface area contributed by atoms with E-state index >= 15 is 0 Å². The van der Waals surface area contributed by atoms with Gasteiger partial charge in [-0.05, 0) is 43.3 Å². The van der Waals surface area contributed by atoms with E-state index in [9.17, 15) is 4.79 Å². The second kappa shape index (κ2) is 6.58. The second-order valence-corrected chi connectivity index (χ2v) is 7.36. The van der Waals surface area contributed by atoms with Crippen LogP contribution in [0.5, 0.6) is 0 Å². The van der Waals surface area contributed by atoms with Crippen molar-refractivity contribution >= 4 is 33.1 Å². The van der Waals surface area contributed by atoms with E-state index in [1.165, 1.54) is 11.3 Å². The molecule has 1 aromatic carbocycles. The van der Waals surface area contributed by atoms with Gasteiger partial charge in [-0.3, -0.25) is 9.20 Å². The van der Waals surface area contributed by atoms with Crippen molar-refractivity contribution in [3.05, 3.63) is 72.4 Å². The molecule has 0 aliphatic heterocycles. The summed E-state index contributed by atoms with van der Waals surface area (Å²) in [5.74, 6) is 1.15. The van der Waals surface area contributed by atoms with E-state index in [0.29, 0.717) is 11.6 Å². The number of furan rings is 1. The molecule has 1 amide bonds. The smallest absolute Gasteiger partial charge is 0.287 e. The minimum absolute atomic E-state index is 0.231. The van der Waals surface area contributed by atoms with Crippen LogP contribution in [0.3, 0.4) is 0 Å². The largest absolute Gasteiger partial charge is 0.448 e. The molecule has 0 radical (unpaired) electrons. The summed E-state index contributed by atoms with van der Waals surface area (Å²) in [5.41, 5.74) is 1.65. The van der Waals surface area contributed by atoms with Gasteiger partial charge in [-0.25, -0.2) is 4.98 Å². The molecule has 0 saturated carbocycles. The molecule has 0 fully saturated rings. The lowest BCUT2D eigenvalue weighted by molar-refractivity contribution is 0.0911. The zero-order chi connectivity index (χ0) is 19.1. The summed E-state index contributed by atoms with van der Waals surface area (Å²) in [5, 5.41) is 12.0. The molecule has 7 nitrogen and oxygen atoms in total. The van der Waals surface area contributed by atoms with Crippen molar-refractivity contribution in [3.8, 4) is 10.8 Å². The van der Waals surface area contributed by atoms with E-state index in [-0.39, 0.29) is 17.7 Å². The Morgan fingerprint density at radius 3 is 2.86 bits per heavy atom. The number of para-hydroxylation sites is 1. The summed E-state index contributed by atoms with van der Waals surface area (Å²) in [4.78, 5) is 17.2. The Bertz CT molecular complexity index is 1270. The third-order valence-corrected chi connectivity index (χ3v) is 5.46. The molecule has 1 N–H and O–H groups in total. The number of pyridine rings is 1. The van der Waals surface area contributed by atoms with Gasteiger partial charge in [0.25, 0.3) is 5.91 Å². The highest BCUT2D eigenvalue weighted by atomic mass is 32.1. The molecule has 0 saturated heterocycles. The van der Waals surface area contributed by atoms with Crippen LogP contribution in [0.2, 0.25) is 0 Å². The normalized spacial score (nSPS) is 12.5. The number of amides is 1. The summed E-state index contributed by atoms with van der Waals surface area (Å²) in [7, 11) is 0. The fourth-order valence-corrected chi connectivity index (χ4v) is 3.97. The van der Waals surface area contributed by atoms with Crippen LogP contribution in [-0.2, 0) is 0 Å². The summed E-state index contributed by atoms with van der Waals surface area (Å²) in [6.07, 6.45) is 1.87. The Hall–Kier alpha value is -3.52. The molecule has 28 heavy (non-hydrogen) atoms. The molecular formula is C20H15N5O2S. The monoisotopic (exact) mass is 389 g/mol. The number of hydrogen-bond donors (Lipinski definition) is 1. The molecule has 4 heterocycles. The highest BCUT2D eigenvalue weighted by Crippen LogP contribution is 2.31. The highest BCUT2D eigenvalue weighted by Gasteiger charge is 2.20. The third kappa shape index (κ3) is 2.84. The number of nitrogens with zero attached hydrogens (tertiary/aromatic N) is 4. The minimum atomic E-state index is -0.332. The molecular weight excluding hydrogens is 374 g/mol. The van der Waals surface area contributed by atoms with E-state index in [4.69, 9.17) is 4.42 Å². The molecule has 0 aliphatic rings. The predicted octanol–water partition coefficient (Wildman–Crippen LogP) is 4.09. The van der Waals surface area contributed by atoms with Crippen LogP contribution in [0.15, 0.2) is 65.2 Å². The number of fused-ring (bicyclic) bond motifs is 2. The first-order valence-electron chi connectivity index (χ1n) is 8.75. The lowest BCUT2D eigenvalue weighted by atomic mass is 10.3. The van der Waals surface area contributed by atoms with Crippen LogP contribution in [-0.4, -0.2) is 25.5 Å². The van der Waals surface area contributed by atoms with E-state index < -0.39 is 0 Å². The molecule has 0 spiro atoms. The van der Waals surface area contributed by atoms with E-state index in [2.05, 4.69) is 20.5 Å². The minimum Gasteiger partial charge on any atom is -0.448 e. The van der Waals surface area contributed by atoms with Gasteiger partial charge in [-0.1, -0.05) is 18.2 Å². The third-order valence-electron chi connectivity index (χ3n) is 4.41. The number of carbonyl (C=O) groups excluding carboxylic acids is 1. The number of aromatic nitrogens is 4. The SMILES string of the molecule is C[C@H](NC(=O)c1ccc(-c2nc3ccccc3s2)o1)c1nnc2ccccn12. The van der Waals surface area contributed by atoms with E-state index in [0.717, 1.165) is 20.9 Å². The fraction of sp³-hybridized carbons (Fsp3) is 0.100. The molecule has 0 unspecified atom stereocenters. The number of carbonyl (C=O) groups is 1. The second-order valence-electron chi connectivity index (χ2n) is 6.33. The zero-order valence-corrected chi connectivity index (χ0v) is 15.7. The molecule has 1 atom stereocenters. The first kappa shape index (κ1) is 16.6. The van der Waals surface area contributed by atoms with Gasteiger partial charge >= 0.3 is 0 Å². The molecule has 0 bridgehead atoms. The number of hydrogen-bond acceptors (Lipinski definition) is 6. The van der Waals surface area contributed by atoms with Crippen LogP contribution in [0.25, 0.3) is 26.6 Å². The average molecular weight is 389 g/mol. The lowest BCUT2D eigenvalue weighted by Crippen LogP contribution is -2.27. The van der Waals surface area contributed by atoms with Gasteiger partial charge in [0, 0.05) is 6.20 Å². The maximum atomic E-state index is 12.6. The lowest BCUT2D eigenvalue weighted by Gasteiger charge is -2.11. The topological polar surface area (TPSA) is 85.3 Å². The van der Waals surface area contributed by atoms with Gasteiger partial charge in [0.05, 0.1) is 16.3 Å². The number of rotatable bonds is 4.